The van der Waals surface area contributed by atoms with Gasteiger partial charge < -0.3 is 4.90 Å². The molecule has 2 aliphatic rings. The highest BCUT2D eigenvalue weighted by Crippen LogP contribution is 2.27. The lowest BCUT2D eigenvalue weighted by molar-refractivity contribution is 0.138. The molecular weight excluding hydrogens is 236 g/mol. The molecule has 1 aromatic heterocycles. The molecule has 19 heavy (non-hydrogen) atoms. The quantitative estimate of drug-likeness (QED) is 0.815. The van der Waals surface area contributed by atoms with E-state index in [0.717, 1.165) is 36.5 Å². The zero-order chi connectivity index (χ0) is 13.4. The van der Waals surface area contributed by atoms with Crippen LogP contribution in [0.1, 0.15) is 36.3 Å². The largest absolute Gasteiger partial charge is 0.353 e. The van der Waals surface area contributed by atoms with Gasteiger partial charge in [0.2, 0.25) is 0 Å². The summed E-state index contributed by atoms with van der Waals surface area (Å²) in [6, 6.07) is 0.746. The number of hydrogen-bond donors (Lipinski definition) is 0. The van der Waals surface area contributed by atoms with E-state index in [9.17, 15) is 0 Å². The van der Waals surface area contributed by atoms with Crippen molar-refractivity contribution in [3.05, 3.63) is 17.1 Å². The van der Waals surface area contributed by atoms with Gasteiger partial charge >= 0.3 is 0 Å². The normalized spacial score (nSPS) is 21.5. The maximum Gasteiger partial charge on any atom is 0.135 e. The summed E-state index contributed by atoms with van der Waals surface area (Å²) < 4.78 is 0. The van der Waals surface area contributed by atoms with E-state index in [0.29, 0.717) is 0 Å². The maximum atomic E-state index is 4.63. The standard InChI is InChI=1S/C15H24N4/c1-11-12(2)16-13(3)17-15(11)19-9-14(10-19)18-7-5-4-6-8-18/h14H,4-10H2,1-3H3. The minimum atomic E-state index is 0.746. The highest BCUT2D eigenvalue weighted by Gasteiger charge is 2.34. The first-order valence-corrected chi connectivity index (χ1v) is 7.46. The molecule has 1 aromatic rings. The first-order chi connectivity index (χ1) is 9.15. The molecule has 4 nitrogen and oxygen atoms in total. The molecule has 4 heteroatoms. The van der Waals surface area contributed by atoms with Crippen LogP contribution >= 0.6 is 0 Å². The van der Waals surface area contributed by atoms with Gasteiger partial charge in [-0.05, 0) is 46.7 Å². The zero-order valence-corrected chi connectivity index (χ0v) is 12.3. The highest BCUT2D eigenvalue weighted by atomic mass is 15.3. The summed E-state index contributed by atoms with van der Waals surface area (Å²) in [6.07, 6.45) is 4.17. The van der Waals surface area contributed by atoms with Crippen molar-refractivity contribution in [3.63, 3.8) is 0 Å². The lowest BCUT2D eigenvalue weighted by atomic mass is 10.0. The number of anilines is 1. The van der Waals surface area contributed by atoms with Crippen LogP contribution in [0.4, 0.5) is 5.82 Å². The van der Waals surface area contributed by atoms with Crippen LogP contribution in [0.25, 0.3) is 0 Å². The minimum Gasteiger partial charge on any atom is -0.353 e. The number of aryl methyl sites for hydroxylation is 2. The van der Waals surface area contributed by atoms with Crippen LogP contribution in [0.15, 0.2) is 0 Å². The van der Waals surface area contributed by atoms with Gasteiger partial charge in [-0.2, -0.15) is 0 Å². The molecule has 2 saturated heterocycles. The molecule has 0 unspecified atom stereocenters. The van der Waals surface area contributed by atoms with E-state index in [1.165, 1.54) is 37.9 Å². The lowest BCUT2D eigenvalue weighted by Gasteiger charge is -2.47. The van der Waals surface area contributed by atoms with Gasteiger partial charge in [0.1, 0.15) is 11.6 Å². The number of likely N-dealkylation sites (tertiary alicyclic amines) is 1. The van der Waals surface area contributed by atoms with Crippen LogP contribution in [-0.2, 0) is 0 Å². The van der Waals surface area contributed by atoms with Crippen LogP contribution in [0.5, 0.6) is 0 Å². The molecule has 0 bridgehead atoms. The maximum absolute atomic E-state index is 4.63. The van der Waals surface area contributed by atoms with E-state index >= 15 is 0 Å². The summed E-state index contributed by atoms with van der Waals surface area (Å²) in [6.45, 7) is 11.1. The van der Waals surface area contributed by atoms with Crippen LogP contribution in [0.3, 0.4) is 0 Å². The lowest BCUT2D eigenvalue weighted by Crippen LogP contribution is -2.60. The van der Waals surface area contributed by atoms with Crippen molar-refractivity contribution in [1.29, 1.82) is 0 Å². The van der Waals surface area contributed by atoms with E-state index in [-0.39, 0.29) is 0 Å². The van der Waals surface area contributed by atoms with Crippen molar-refractivity contribution < 1.29 is 0 Å². The molecule has 2 aliphatic heterocycles. The van der Waals surface area contributed by atoms with E-state index in [1.807, 2.05) is 6.92 Å². The van der Waals surface area contributed by atoms with Gasteiger partial charge in [-0.25, -0.2) is 9.97 Å². The molecule has 2 fully saturated rings. The van der Waals surface area contributed by atoms with Crippen LogP contribution < -0.4 is 4.90 Å². The van der Waals surface area contributed by atoms with E-state index in [1.54, 1.807) is 0 Å². The molecule has 0 amide bonds. The Balaban J connectivity index is 1.67. The summed E-state index contributed by atoms with van der Waals surface area (Å²) in [7, 11) is 0. The fourth-order valence-electron chi connectivity index (χ4n) is 3.20. The fraction of sp³-hybridized carbons (Fsp3) is 0.733. The number of hydrogen-bond acceptors (Lipinski definition) is 4. The summed E-state index contributed by atoms with van der Waals surface area (Å²) in [5.74, 6) is 2.04. The predicted octanol–water partition coefficient (Wildman–Crippen LogP) is 2.08. The Morgan fingerprint density at radius 2 is 1.63 bits per heavy atom. The molecule has 0 saturated carbocycles. The van der Waals surface area contributed by atoms with Gasteiger partial charge in [0.15, 0.2) is 0 Å². The average Bonchev–Trinajstić information content (AvgIpc) is 2.34. The van der Waals surface area contributed by atoms with Gasteiger partial charge in [-0.1, -0.05) is 6.42 Å². The fourth-order valence-corrected chi connectivity index (χ4v) is 3.20. The second kappa shape index (κ2) is 5.08. The summed E-state index contributed by atoms with van der Waals surface area (Å²) >= 11 is 0. The Labute approximate surface area is 115 Å². The average molecular weight is 260 g/mol. The second-order valence-electron chi connectivity index (χ2n) is 5.96. The SMILES string of the molecule is Cc1nc(C)c(C)c(N2CC(N3CCCCC3)C2)n1. The molecular formula is C15H24N4. The van der Waals surface area contributed by atoms with Crippen LogP contribution in [-0.4, -0.2) is 47.1 Å². The molecule has 0 spiro atoms. The third-order valence-electron chi connectivity index (χ3n) is 4.54. The van der Waals surface area contributed by atoms with E-state index in [2.05, 4.69) is 33.6 Å². The van der Waals surface area contributed by atoms with Gasteiger partial charge in [-0.3, -0.25) is 4.90 Å². The third-order valence-corrected chi connectivity index (χ3v) is 4.54. The Morgan fingerprint density at radius 1 is 0.947 bits per heavy atom. The Morgan fingerprint density at radius 3 is 2.32 bits per heavy atom. The predicted molar refractivity (Wildman–Crippen MR) is 77.7 cm³/mol. The molecule has 0 aliphatic carbocycles. The van der Waals surface area contributed by atoms with E-state index in [4.69, 9.17) is 0 Å². The molecule has 0 N–H and O–H groups in total. The van der Waals surface area contributed by atoms with Gasteiger partial charge in [0.25, 0.3) is 0 Å². The molecule has 3 heterocycles. The number of piperidine rings is 1. The second-order valence-corrected chi connectivity index (χ2v) is 5.96. The summed E-state index contributed by atoms with van der Waals surface area (Å²) in [5, 5.41) is 0. The number of rotatable bonds is 2. The van der Waals surface area contributed by atoms with E-state index < -0.39 is 0 Å². The number of aromatic nitrogens is 2. The summed E-state index contributed by atoms with van der Waals surface area (Å²) in [4.78, 5) is 14.1. The Kier molecular flexibility index (Phi) is 3.44. The summed E-state index contributed by atoms with van der Waals surface area (Å²) in [5.41, 5.74) is 2.35. The molecule has 0 aromatic carbocycles. The van der Waals surface area contributed by atoms with Crippen molar-refractivity contribution in [1.82, 2.24) is 14.9 Å². The van der Waals surface area contributed by atoms with Crippen molar-refractivity contribution in [3.8, 4) is 0 Å². The topological polar surface area (TPSA) is 32.3 Å². The smallest absolute Gasteiger partial charge is 0.135 e. The van der Waals surface area contributed by atoms with Crippen molar-refractivity contribution in [2.24, 2.45) is 0 Å². The zero-order valence-electron chi connectivity index (χ0n) is 12.3. The first-order valence-electron chi connectivity index (χ1n) is 7.46. The van der Waals surface area contributed by atoms with Gasteiger partial charge in [-0.15, -0.1) is 0 Å². The Bertz CT molecular complexity index is 459. The molecule has 104 valence electrons. The highest BCUT2D eigenvalue weighted by molar-refractivity contribution is 5.51. The van der Waals surface area contributed by atoms with Crippen molar-refractivity contribution in [2.45, 2.75) is 46.1 Å². The Hall–Kier alpha value is -1.16. The molecule has 0 atom stereocenters. The monoisotopic (exact) mass is 260 g/mol. The van der Waals surface area contributed by atoms with Crippen LogP contribution in [0.2, 0.25) is 0 Å². The van der Waals surface area contributed by atoms with Gasteiger partial charge in [0.05, 0.1) is 0 Å². The first kappa shape index (κ1) is 12.9. The van der Waals surface area contributed by atoms with Crippen LogP contribution in [0, 0.1) is 20.8 Å². The molecule has 0 radical (unpaired) electrons. The van der Waals surface area contributed by atoms with Gasteiger partial charge in [0, 0.05) is 30.4 Å². The number of nitrogens with zero attached hydrogens (tertiary/aromatic N) is 4. The minimum absolute atomic E-state index is 0.746. The van der Waals surface area contributed by atoms with Crippen molar-refractivity contribution in [2.75, 3.05) is 31.1 Å². The third kappa shape index (κ3) is 2.46. The molecule has 3 rings (SSSR count). The van der Waals surface area contributed by atoms with Crippen molar-refractivity contribution >= 4 is 5.82 Å².